The smallest absolute Gasteiger partial charge is 0.306 e. The Hall–Kier alpha value is -4.45. The van der Waals surface area contributed by atoms with Crippen molar-refractivity contribution < 1.29 is 28.6 Å². The van der Waals surface area contributed by atoms with Crippen LogP contribution in [0, 0.1) is 0 Å². The van der Waals surface area contributed by atoms with Crippen LogP contribution in [0.5, 0.6) is 0 Å². The van der Waals surface area contributed by atoms with Gasteiger partial charge >= 0.3 is 17.9 Å². The van der Waals surface area contributed by atoms with Crippen molar-refractivity contribution >= 4 is 17.9 Å². The first-order chi connectivity index (χ1) is 30.0. The van der Waals surface area contributed by atoms with Gasteiger partial charge in [0.25, 0.3) is 0 Å². The summed E-state index contributed by atoms with van der Waals surface area (Å²) in [5.74, 6) is -1.00. The summed E-state index contributed by atoms with van der Waals surface area (Å²) in [6.45, 7) is 6.13. The van der Waals surface area contributed by atoms with Crippen LogP contribution in [0.2, 0.25) is 0 Å². The van der Waals surface area contributed by atoms with Crippen molar-refractivity contribution in [2.24, 2.45) is 0 Å². The zero-order valence-electron chi connectivity index (χ0n) is 38.6. The first-order valence-electron chi connectivity index (χ1n) is 23.8. The summed E-state index contributed by atoms with van der Waals surface area (Å²) in [4.78, 5) is 37.9. The standard InChI is InChI=1S/C55H84O6/c1-4-7-10-13-16-19-22-25-27-30-33-36-39-42-45-48-54(57)60-51-52(50-59-53(56)47-44-41-38-35-32-29-24-21-18-15-12-9-6-3)61-55(58)49-46-43-40-37-34-31-28-26-23-20-17-14-11-8-5-2/h7-25,27,30,33,52H,4-6,26,28-29,31-32,34-51H2,1-3H3/b10-7+,11-8+,12-9+,16-13+,17-14+,18-15+,22-19+,23-20+,24-21+,27-25+,33-30+. The van der Waals surface area contributed by atoms with Crippen molar-refractivity contribution in [2.45, 2.75) is 181 Å². The van der Waals surface area contributed by atoms with Gasteiger partial charge in [0, 0.05) is 19.3 Å². The molecule has 6 heteroatoms. The summed E-state index contributed by atoms with van der Waals surface area (Å²) in [7, 11) is 0. The second-order valence-electron chi connectivity index (χ2n) is 15.1. The number of carbonyl (C=O) groups is 3. The van der Waals surface area contributed by atoms with Crippen LogP contribution in [0.15, 0.2) is 134 Å². The summed E-state index contributed by atoms with van der Waals surface area (Å²) >= 11 is 0. The lowest BCUT2D eigenvalue weighted by Gasteiger charge is -2.18. The van der Waals surface area contributed by atoms with E-state index in [-0.39, 0.29) is 31.1 Å². The molecular weight excluding hydrogens is 757 g/mol. The van der Waals surface area contributed by atoms with E-state index in [0.717, 1.165) is 116 Å². The minimum Gasteiger partial charge on any atom is -0.462 e. The highest BCUT2D eigenvalue weighted by Crippen LogP contribution is 2.13. The van der Waals surface area contributed by atoms with E-state index in [4.69, 9.17) is 14.2 Å². The second kappa shape index (κ2) is 48.2. The fourth-order valence-corrected chi connectivity index (χ4v) is 5.87. The molecule has 6 nitrogen and oxygen atoms in total. The van der Waals surface area contributed by atoms with Gasteiger partial charge in [-0.3, -0.25) is 14.4 Å². The first-order valence-corrected chi connectivity index (χ1v) is 23.8. The third kappa shape index (κ3) is 46.5. The number of unbranched alkanes of at least 4 members (excludes halogenated alkanes) is 15. The Morgan fingerprint density at radius 1 is 0.328 bits per heavy atom. The van der Waals surface area contributed by atoms with Gasteiger partial charge in [0.1, 0.15) is 13.2 Å². The Morgan fingerprint density at radius 3 is 0.934 bits per heavy atom. The third-order valence-corrected chi connectivity index (χ3v) is 9.38. The Kier molecular flexibility index (Phi) is 44.7. The van der Waals surface area contributed by atoms with E-state index >= 15 is 0 Å². The first kappa shape index (κ1) is 56.5. The fraction of sp³-hybridized carbons (Fsp3) is 0.545. The highest BCUT2D eigenvalue weighted by atomic mass is 16.6. The highest BCUT2D eigenvalue weighted by Gasteiger charge is 2.19. The molecule has 0 bridgehead atoms. The number of hydrogen-bond donors (Lipinski definition) is 0. The van der Waals surface area contributed by atoms with Gasteiger partial charge in [-0.2, -0.15) is 0 Å². The van der Waals surface area contributed by atoms with Crippen molar-refractivity contribution in [1.82, 2.24) is 0 Å². The molecule has 0 aromatic carbocycles. The molecule has 0 saturated heterocycles. The third-order valence-electron chi connectivity index (χ3n) is 9.38. The van der Waals surface area contributed by atoms with Gasteiger partial charge in [-0.05, 0) is 77.0 Å². The molecule has 0 spiro atoms. The molecule has 0 aliphatic heterocycles. The monoisotopic (exact) mass is 841 g/mol. The van der Waals surface area contributed by atoms with E-state index in [2.05, 4.69) is 99.8 Å². The summed E-state index contributed by atoms with van der Waals surface area (Å²) in [5.41, 5.74) is 0. The maximum Gasteiger partial charge on any atom is 0.306 e. The van der Waals surface area contributed by atoms with E-state index in [1.807, 2.05) is 54.7 Å². The molecule has 1 unspecified atom stereocenters. The van der Waals surface area contributed by atoms with Gasteiger partial charge in [-0.1, -0.05) is 212 Å². The lowest BCUT2D eigenvalue weighted by atomic mass is 10.1. The van der Waals surface area contributed by atoms with E-state index in [0.29, 0.717) is 19.3 Å². The molecule has 340 valence electrons. The SMILES string of the molecule is CC/C=C/C=C/C=C/C=C/C=C/CCCCCC(=O)OCC(COC(=O)CCCCCCC/C=C/C=C/C=C/CC)OC(=O)CCCCCCCCC/C=C/C=C/C=C/CC. The molecule has 0 fully saturated rings. The van der Waals surface area contributed by atoms with Crippen LogP contribution < -0.4 is 0 Å². The molecule has 0 aromatic rings. The van der Waals surface area contributed by atoms with Crippen LogP contribution in [0.3, 0.4) is 0 Å². The molecule has 61 heavy (non-hydrogen) atoms. The fourth-order valence-electron chi connectivity index (χ4n) is 5.87. The van der Waals surface area contributed by atoms with Gasteiger partial charge in [0.15, 0.2) is 6.10 Å². The zero-order valence-corrected chi connectivity index (χ0v) is 38.6. The average Bonchev–Trinajstić information content (AvgIpc) is 3.26. The molecule has 0 amide bonds. The Bertz CT molecular complexity index is 1380. The van der Waals surface area contributed by atoms with Crippen LogP contribution >= 0.6 is 0 Å². The minimum atomic E-state index is -0.815. The normalized spacial score (nSPS) is 13.3. The van der Waals surface area contributed by atoms with E-state index in [1.54, 1.807) is 0 Å². The number of allylic oxidation sites excluding steroid dienone is 22. The van der Waals surface area contributed by atoms with Gasteiger partial charge < -0.3 is 14.2 Å². The lowest BCUT2D eigenvalue weighted by molar-refractivity contribution is -0.167. The molecular formula is C55H84O6. The lowest BCUT2D eigenvalue weighted by Crippen LogP contribution is -2.30. The maximum atomic E-state index is 12.8. The second-order valence-corrected chi connectivity index (χ2v) is 15.1. The summed E-state index contributed by atoms with van der Waals surface area (Å²) in [6, 6.07) is 0. The molecule has 0 N–H and O–H groups in total. The van der Waals surface area contributed by atoms with Crippen LogP contribution in [0.1, 0.15) is 175 Å². The van der Waals surface area contributed by atoms with Crippen LogP contribution in [0.4, 0.5) is 0 Å². The number of rotatable bonds is 40. The molecule has 0 radical (unpaired) electrons. The van der Waals surface area contributed by atoms with E-state index in [9.17, 15) is 14.4 Å². The number of hydrogen-bond acceptors (Lipinski definition) is 6. The van der Waals surface area contributed by atoms with Gasteiger partial charge in [-0.25, -0.2) is 0 Å². The number of esters is 3. The average molecular weight is 841 g/mol. The molecule has 0 aliphatic carbocycles. The largest absolute Gasteiger partial charge is 0.462 e. The van der Waals surface area contributed by atoms with Gasteiger partial charge in [-0.15, -0.1) is 0 Å². The summed E-state index contributed by atoms with van der Waals surface area (Å²) in [5, 5.41) is 0. The molecule has 0 aromatic heterocycles. The molecule has 0 aliphatic rings. The predicted molar refractivity (Wildman–Crippen MR) is 260 cm³/mol. The maximum absolute atomic E-state index is 12.8. The molecule has 0 heterocycles. The Balaban J connectivity index is 4.55. The van der Waals surface area contributed by atoms with Crippen molar-refractivity contribution in [1.29, 1.82) is 0 Å². The van der Waals surface area contributed by atoms with E-state index in [1.165, 1.54) is 19.3 Å². The Labute approximate surface area is 373 Å². The van der Waals surface area contributed by atoms with Crippen molar-refractivity contribution in [3.05, 3.63) is 134 Å². The van der Waals surface area contributed by atoms with Gasteiger partial charge in [0.05, 0.1) is 0 Å². The summed E-state index contributed by atoms with van der Waals surface area (Å²) in [6.07, 6.45) is 67.1. The predicted octanol–water partition coefficient (Wildman–Crippen LogP) is 15.5. The highest BCUT2D eigenvalue weighted by molar-refractivity contribution is 5.71. The van der Waals surface area contributed by atoms with Crippen molar-refractivity contribution in [2.75, 3.05) is 13.2 Å². The molecule has 0 saturated carbocycles. The number of ether oxygens (including phenoxy) is 3. The van der Waals surface area contributed by atoms with Crippen LogP contribution in [0.25, 0.3) is 0 Å². The molecule has 0 rings (SSSR count). The van der Waals surface area contributed by atoms with Crippen LogP contribution in [-0.4, -0.2) is 37.2 Å². The zero-order chi connectivity index (χ0) is 44.4. The van der Waals surface area contributed by atoms with Gasteiger partial charge in [0.2, 0.25) is 0 Å². The summed E-state index contributed by atoms with van der Waals surface area (Å²) < 4.78 is 16.7. The van der Waals surface area contributed by atoms with Crippen molar-refractivity contribution in [3.63, 3.8) is 0 Å². The Morgan fingerprint density at radius 2 is 0.590 bits per heavy atom. The number of carbonyl (C=O) groups excluding carboxylic acids is 3. The topological polar surface area (TPSA) is 78.9 Å². The van der Waals surface area contributed by atoms with Crippen LogP contribution in [-0.2, 0) is 28.6 Å². The quantitative estimate of drug-likeness (QED) is 0.0265. The van der Waals surface area contributed by atoms with E-state index < -0.39 is 6.10 Å². The minimum absolute atomic E-state index is 0.113. The molecule has 1 atom stereocenters. The van der Waals surface area contributed by atoms with Crippen molar-refractivity contribution in [3.8, 4) is 0 Å².